The van der Waals surface area contributed by atoms with Gasteiger partial charge in [-0.15, -0.1) is 0 Å². The van der Waals surface area contributed by atoms with Gasteiger partial charge < -0.3 is 5.32 Å². The fourth-order valence-corrected chi connectivity index (χ4v) is 2.71. The predicted molar refractivity (Wildman–Crippen MR) is 74.8 cm³/mol. The average Bonchev–Trinajstić information content (AvgIpc) is 2.41. The Bertz CT molecular complexity index is 669. The quantitative estimate of drug-likeness (QED) is 0.940. The molecule has 1 aromatic heterocycles. The summed E-state index contributed by atoms with van der Waals surface area (Å²) in [5.74, 6) is -1.56. The Kier molecular flexibility index (Phi) is 3.41. The van der Waals surface area contributed by atoms with E-state index in [4.69, 9.17) is 0 Å². The van der Waals surface area contributed by atoms with Crippen LogP contribution in [0.2, 0.25) is 0 Å². The average molecular weight is 288 g/mol. The van der Waals surface area contributed by atoms with Gasteiger partial charge in [0.05, 0.1) is 5.41 Å². The zero-order chi connectivity index (χ0) is 14.9. The van der Waals surface area contributed by atoms with Crippen molar-refractivity contribution in [2.24, 2.45) is 0 Å². The largest absolute Gasteiger partial charge is 0.325 e. The predicted octanol–water partition coefficient (Wildman–Crippen LogP) is 3.42. The van der Waals surface area contributed by atoms with E-state index >= 15 is 0 Å². The molecular weight excluding hydrogens is 274 g/mol. The van der Waals surface area contributed by atoms with Gasteiger partial charge in [-0.25, -0.2) is 8.78 Å². The smallest absolute Gasteiger partial charge is 0.235 e. The summed E-state index contributed by atoms with van der Waals surface area (Å²) in [5.41, 5.74) is -0.0216. The lowest BCUT2D eigenvalue weighted by molar-refractivity contribution is -0.124. The first-order valence-corrected chi connectivity index (χ1v) is 6.79. The number of amides is 1. The number of rotatable bonds is 3. The molecule has 108 valence electrons. The minimum atomic E-state index is -0.902. The summed E-state index contributed by atoms with van der Waals surface area (Å²) in [5, 5.41) is 2.79. The number of carbonyl (C=O) groups is 1. The summed E-state index contributed by atoms with van der Waals surface area (Å²) >= 11 is 0. The highest BCUT2D eigenvalue weighted by Crippen LogP contribution is 2.45. The van der Waals surface area contributed by atoms with E-state index in [0.29, 0.717) is 18.5 Å². The molecule has 0 bridgehead atoms. The van der Waals surface area contributed by atoms with Crippen LogP contribution in [0.25, 0.3) is 0 Å². The van der Waals surface area contributed by atoms with E-state index < -0.39 is 17.0 Å². The third-order valence-corrected chi connectivity index (χ3v) is 4.03. The van der Waals surface area contributed by atoms with Gasteiger partial charge in [-0.05, 0) is 31.0 Å². The van der Waals surface area contributed by atoms with Gasteiger partial charge >= 0.3 is 0 Å². The van der Waals surface area contributed by atoms with Crippen molar-refractivity contribution >= 4 is 11.6 Å². The first-order chi connectivity index (χ1) is 10.1. The number of carbonyl (C=O) groups excluding carboxylic acids is 1. The molecule has 5 heteroatoms. The van der Waals surface area contributed by atoms with Gasteiger partial charge in [0.25, 0.3) is 0 Å². The molecule has 0 radical (unpaired) electrons. The fraction of sp³-hybridized carbons (Fsp3) is 0.250. The Morgan fingerprint density at radius 1 is 1.14 bits per heavy atom. The second kappa shape index (κ2) is 5.24. The third-order valence-electron chi connectivity index (χ3n) is 4.03. The van der Waals surface area contributed by atoms with Crippen LogP contribution in [-0.4, -0.2) is 10.9 Å². The van der Waals surface area contributed by atoms with Crippen LogP contribution in [0.5, 0.6) is 0 Å². The second-order valence-corrected chi connectivity index (χ2v) is 5.25. The Hall–Kier alpha value is -2.30. The fourth-order valence-electron chi connectivity index (χ4n) is 2.71. The molecule has 0 saturated heterocycles. The number of anilines is 1. The molecule has 3 nitrogen and oxygen atoms in total. The van der Waals surface area contributed by atoms with Crippen molar-refractivity contribution in [2.75, 3.05) is 5.32 Å². The lowest BCUT2D eigenvalue weighted by Crippen LogP contribution is -2.46. The minimum absolute atomic E-state index is 0.259. The maximum Gasteiger partial charge on any atom is 0.235 e. The standard InChI is InChI=1S/C16H14F2N2O/c17-11-2-3-13(14(18)10-11)16(6-1-7-16)15(21)20-12-4-8-19-9-5-12/h2-5,8-10H,1,6-7H2,(H,19,20,21). The molecule has 1 fully saturated rings. The summed E-state index contributed by atoms with van der Waals surface area (Å²) in [7, 11) is 0. The maximum atomic E-state index is 14.0. The van der Waals surface area contributed by atoms with Crippen LogP contribution < -0.4 is 5.32 Å². The van der Waals surface area contributed by atoms with Crippen molar-refractivity contribution in [3.63, 3.8) is 0 Å². The van der Waals surface area contributed by atoms with E-state index in [1.54, 1.807) is 24.5 Å². The van der Waals surface area contributed by atoms with Crippen LogP contribution in [0.1, 0.15) is 24.8 Å². The van der Waals surface area contributed by atoms with Crippen LogP contribution in [0.15, 0.2) is 42.7 Å². The van der Waals surface area contributed by atoms with Crippen molar-refractivity contribution in [1.29, 1.82) is 0 Å². The summed E-state index contributed by atoms with van der Waals surface area (Å²) in [6, 6.07) is 6.74. The highest BCUT2D eigenvalue weighted by atomic mass is 19.1. The number of nitrogens with one attached hydrogen (secondary N) is 1. The molecule has 21 heavy (non-hydrogen) atoms. The maximum absolute atomic E-state index is 14.0. The van der Waals surface area contributed by atoms with Gasteiger partial charge in [0.1, 0.15) is 11.6 Å². The lowest BCUT2D eigenvalue weighted by atomic mass is 9.63. The number of hydrogen-bond donors (Lipinski definition) is 1. The molecule has 1 amide bonds. The molecule has 3 rings (SSSR count). The van der Waals surface area contributed by atoms with Crippen LogP contribution in [0, 0.1) is 11.6 Å². The number of aromatic nitrogens is 1. The first kappa shape index (κ1) is 13.7. The van der Waals surface area contributed by atoms with E-state index in [0.717, 1.165) is 12.5 Å². The third kappa shape index (κ3) is 2.39. The van der Waals surface area contributed by atoms with Gasteiger partial charge in [0.15, 0.2) is 0 Å². The molecule has 1 heterocycles. The monoisotopic (exact) mass is 288 g/mol. The summed E-state index contributed by atoms with van der Waals surface area (Å²) in [4.78, 5) is 16.4. The zero-order valence-corrected chi connectivity index (χ0v) is 11.3. The van der Waals surface area contributed by atoms with Gasteiger partial charge in [0.2, 0.25) is 5.91 Å². The molecule has 0 aliphatic heterocycles. The van der Waals surface area contributed by atoms with E-state index in [1.165, 1.54) is 12.1 Å². The summed E-state index contributed by atoms with van der Waals surface area (Å²) in [6.45, 7) is 0. The van der Waals surface area contributed by atoms with E-state index in [-0.39, 0.29) is 11.5 Å². The topological polar surface area (TPSA) is 42.0 Å². The minimum Gasteiger partial charge on any atom is -0.325 e. The van der Waals surface area contributed by atoms with Crippen molar-refractivity contribution < 1.29 is 13.6 Å². The molecule has 0 spiro atoms. The van der Waals surface area contributed by atoms with Crippen molar-refractivity contribution in [3.05, 3.63) is 59.9 Å². The second-order valence-electron chi connectivity index (χ2n) is 5.25. The Morgan fingerprint density at radius 3 is 2.43 bits per heavy atom. The van der Waals surface area contributed by atoms with E-state index in [2.05, 4.69) is 10.3 Å². The Balaban J connectivity index is 1.91. The zero-order valence-electron chi connectivity index (χ0n) is 11.3. The molecule has 1 aliphatic rings. The normalized spacial score (nSPS) is 16.1. The SMILES string of the molecule is O=C(Nc1ccncc1)C1(c2ccc(F)cc2F)CCC1. The number of benzene rings is 1. The summed E-state index contributed by atoms with van der Waals surface area (Å²) in [6.07, 6.45) is 5.11. The van der Waals surface area contributed by atoms with Gasteiger partial charge in [-0.1, -0.05) is 12.5 Å². The molecule has 1 saturated carbocycles. The van der Waals surface area contributed by atoms with Gasteiger partial charge in [-0.2, -0.15) is 0 Å². The molecule has 1 N–H and O–H groups in total. The highest BCUT2D eigenvalue weighted by molar-refractivity contribution is 5.99. The highest BCUT2D eigenvalue weighted by Gasteiger charge is 2.47. The van der Waals surface area contributed by atoms with Crippen LogP contribution in [0.4, 0.5) is 14.5 Å². The lowest BCUT2D eigenvalue weighted by Gasteiger charge is -2.40. The number of nitrogens with zero attached hydrogens (tertiary/aromatic N) is 1. The van der Waals surface area contributed by atoms with E-state index in [1.807, 2.05) is 0 Å². The first-order valence-electron chi connectivity index (χ1n) is 6.79. The molecule has 1 aromatic carbocycles. The van der Waals surface area contributed by atoms with Gasteiger partial charge in [0, 0.05) is 29.7 Å². The molecule has 0 unspecified atom stereocenters. The summed E-state index contributed by atoms with van der Waals surface area (Å²) < 4.78 is 27.1. The van der Waals surface area contributed by atoms with E-state index in [9.17, 15) is 13.6 Å². The van der Waals surface area contributed by atoms with Gasteiger partial charge in [-0.3, -0.25) is 9.78 Å². The van der Waals surface area contributed by atoms with Crippen molar-refractivity contribution in [3.8, 4) is 0 Å². The molecular formula is C16H14F2N2O. The molecule has 2 aromatic rings. The molecule has 0 atom stereocenters. The van der Waals surface area contributed by atoms with Crippen LogP contribution >= 0.6 is 0 Å². The Morgan fingerprint density at radius 2 is 1.86 bits per heavy atom. The number of halogens is 2. The van der Waals surface area contributed by atoms with Crippen LogP contribution in [-0.2, 0) is 10.2 Å². The molecule has 1 aliphatic carbocycles. The number of hydrogen-bond acceptors (Lipinski definition) is 2. The van der Waals surface area contributed by atoms with Crippen molar-refractivity contribution in [2.45, 2.75) is 24.7 Å². The van der Waals surface area contributed by atoms with Crippen molar-refractivity contribution in [1.82, 2.24) is 4.98 Å². The Labute approximate surface area is 121 Å². The number of pyridine rings is 1. The van der Waals surface area contributed by atoms with Crippen LogP contribution in [0.3, 0.4) is 0 Å².